The molecule has 5 nitrogen and oxygen atoms in total. The number of nitrogens with zero attached hydrogens (tertiary/aromatic N) is 2. The van der Waals surface area contributed by atoms with Gasteiger partial charge in [0.15, 0.2) is 5.78 Å². The average molecular weight is 415 g/mol. The van der Waals surface area contributed by atoms with E-state index in [4.69, 9.17) is 0 Å². The maximum absolute atomic E-state index is 13.3. The molecule has 30 heavy (non-hydrogen) atoms. The number of hydrogen-bond acceptors (Lipinski definition) is 3. The lowest BCUT2D eigenvalue weighted by Gasteiger charge is -2.60. The first-order valence-corrected chi connectivity index (χ1v) is 12.0. The van der Waals surface area contributed by atoms with Crippen molar-refractivity contribution >= 4 is 17.6 Å². The van der Waals surface area contributed by atoms with Crippen LogP contribution in [0, 0.1) is 34.5 Å². The van der Waals surface area contributed by atoms with Gasteiger partial charge in [-0.1, -0.05) is 13.8 Å². The molecule has 166 valence electrons. The van der Waals surface area contributed by atoms with E-state index in [-0.39, 0.29) is 28.4 Å². The minimum absolute atomic E-state index is 0.0192. The smallest absolute Gasteiger partial charge is 0.226 e. The Morgan fingerprint density at radius 2 is 1.80 bits per heavy atom. The van der Waals surface area contributed by atoms with Crippen LogP contribution < -0.4 is 0 Å². The number of ketones is 1. The minimum Gasteiger partial charge on any atom is -0.343 e. The van der Waals surface area contributed by atoms with Gasteiger partial charge in [-0.3, -0.25) is 14.4 Å². The van der Waals surface area contributed by atoms with Gasteiger partial charge in [0.2, 0.25) is 11.8 Å². The van der Waals surface area contributed by atoms with Gasteiger partial charge in [0.25, 0.3) is 0 Å². The fourth-order valence-electron chi connectivity index (χ4n) is 7.76. The first kappa shape index (κ1) is 21.6. The van der Waals surface area contributed by atoms with Crippen molar-refractivity contribution in [2.45, 2.75) is 73.1 Å². The Hall–Kier alpha value is -1.65. The molecule has 5 heteroatoms. The third-order valence-electron chi connectivity index (χ3n) is 9.47. The van der Waals surface area contributed by atoms with Crippen LogP contribution in [0.2, 0.25) is 0 Å². The molecule has 0 radical (unpaired) electrons. The second-order valence-corrected chi connectivity index (χ2v) is 10.6. The summed E-state index contributed by atoms with van der Waals surface area (Å²) >= 11 is 0. The van der Waals surface area contributed by atoms with Crippen LogP contribution >= 0.6 is 0 Å². The van der Waals surface area contributed by atoms with Crippen LogP contribution in [0.25, 0.3) is 0 Å². The monoisotopic (exact) mass is 414 g/mol. The lowest BCUT2D eigenvalue weighted by Crippen LogP contribution is -2.59. The van der Waals surface area contributed by atoms with Crippen molar-refractivity contribution < 1.29 is 14.4 Å². The van der Waals surface area contributed by atoms with E-state index in [1.165, 1.54) is 0 Å². The van der Waals surface area contributed by atoms with E-state index in [9.17, 15) is 14.4 Å². The van der Waals surface area contributed by atoms with Gasteiger partial charge in [-0.05, 0) is 69.1 Å². The molecule has 0 spiro atoms. The molecule has 0 bridgehead atoms. The molecule has 3 fully saturated rings. The van der Waals surface area contributed by atoms with Crippen LogP contribution in [0.15, 0.2) is 11.8 Å². The molecule has 3 aliphatic carbocycles. The molecular formula is C25H38N2O3. The Labute approximate surface area is 181 Å². The Bertz CT molecular complexity index is 785. The number of amides is 2. The summed E-state index contributed by atoms with van der Waals surface area (Å²) in [5, 5.41) is 0. The molecule has 0 N–H and O–H groups in total. The summed E-state index contributed by atoms with van der Waals surface area (Å²) < 4.78 is 0. The molecule has 1 saturated heterocycles. The summed E-state index contributed by atoms with van der Waals surface area (Å²) in [5.74, 6) is 2.01. The minimum atomic E-state index is -0.106. The van der Waals surface area contributed by atoms with Crippen LogP contribution in [-0.2, 0) is 14.4 Å². The lowest BCUT2D eigenvalue weighted by atomic mass is 9.49. The summed E-state index contributed by atoms with van der Waals surface area (Å²) in [4.78, 5) is 42.1. The topological polar surface area (TPSA) is 57.7 Å². The van der Waals surface area contributed by atoms with Crippen molar-refractivity contribution in [3.63, 3.8) is 0 Å². The van der Waals surface area contributed by atoms with Gasteiger partial charge in [-0.25, -0.2) is 0 Å². The molecule has 4 aliphatic rings. The van der Waals surface area contributed by atoms with Gasteiger partial charge in [-0.15, -0.1) is 0 Å². The highest BCUT2D eigenvalue weighted by Gasteiger charge is 2.62. The molecule has 6 atom stereocenters. The number of likely N-dealkylation sites (tertiary alicyclic amines) is 1. The summed E-state index contributed by atoms with van der Waals surface area (Å²) in [5.41, 5.74) is 0.876. The van der Waals surface area contributed by atoms with Gasteiger partial charge in [0, 0.05) is 56.1 Å². The van der Waals surface area contributed by atoms with Crippen molar-refractivity contribution in [2.24, 2.45) is 34.5 Å². The zero-order chi connectivity index (χ0) is 21.8. The van der Waals surface area contributed by atoms with Crippen LogP contribution in [0.5, 0.6) is 0 Å². The molecule has 2 amide bonds. The highest BCUT2D eigenvalue weighted by Crippen LogP contribution is 2.65. The van der Waals surface area contributed by atoms with E-state index in [1.54, 1.807) is 13.0 Å². The molecule has 0 aromatic heterocycles. The second kappa shape index (κ2) is 7.49. The van der Waals surface area contributed by atoms with Crippen molar-refractivity contribution in [3.8, 4) is 0 Å². The van der Waals surface area contributed by atoms with E-state index >= 15 is 0 Å². The predicted molar refractivity (Wildman–Crippen MR) is 116 cm³/mol. The maximum atomic E-state index is 13.3. The van der Waals surface area contributed by atoms with Gasteiger partial charge >= 0.3 is 0 Å². The highest BCUT2D eigenvalue weighted by atomic mass is 16.2. The quantitative estimate of drug-likeness (QED) is 0.701. The molecule has 4 rings (SSSR count). The number of fused-ring (bicyclic) bond motifs is 5. The van der Waals surface area contributed by atoms with Gasteiger partial charge in [0.05, 0.1) is 0 Å². The first-order chi connectivity index (χ1) is 14.2. The second-order valence-electron chi connectivity index (χ2n) is 10.6. The van der Waals surface area contributed by atoms with Crippen LogP contribution in [0.4, 0.5) is 0 Å². The van der Waals surface area contributed by atoms with Crippen LogP contribution in [0.1, 0.15) is 73.1 Å². The van der Waals surface area contributed by atoms with Gasteiger partial charge in [-0.2, -0.15) is 0 Å². The zero-order valence-corrected chi connectivity index (χ0v) is 19.4. The number of allylic oxidation sites excluding steroid dienone is 2. The molecule has 1 heterocycles. The van der Waals surface area contributed by atoms with E-state index in [2.05, 4.69) is 27.7 Å². The first-order valence-electron chi connectivity index (χ1n) is 12.0. The fraction of sp³-hybridized carbons (Fsp3) is 0.800. The van der Waals surface area contributed by atoms with Crippen molar-refractivity contribution in [3.05, 3.63) is 11.8 Å². The van der Waals surface area contributed by atoms with Crippen LogP contribution in [-0.4, -0.2) is 47.0 Å². The number of rotatable bonds is 3. The molecule has 2 saturated carbocycles. The van der Waals surface area contributed by atoms with E-state index in [1.807, 2.05) is 9.80 Å². The predicted octanol–water partition coefficient (Wildman–Crippen LogP) is 4.03. The number of carbonyl (C=O) groups excluding carboxylic acids is 3. The Morgan fingerprint density at radius 1 is 1.10 bits per heavy atom. The van der Waals surface area contributed by atoms with Crippen molar-refractivity contribution in [1.82, 2.24) is 9.80 Å². The third-order valence-corrected chi connectivity index (χ3v) is 9.47. The standard InChI is InChI=1S/C25H38N2O3/c1-6-26(7-2)23(30)21-9-8-19-18-15-27(16(3)28)22-14-17(29)10-12-25(22,5)20(18)11-13-24(19,21)4/h14,18-21H,6-13,15H2,1-5H3/t18-,19-,20-,21+,24-,25+/m0/s1. The third kappa shape index (κ3) is 2.98. The molecule has 0 unspecified atom stereocenters. The number of hydrogen-bond donors (Lipinski definition) is 0. The van der Waals surface area contributed by atoms with Crippen molar-refractivity contribution in [1.29, 1.82) is 0 Å². The molecule has 1 aliphatic heterocycles. The maximum Gasteiger partial charge on any atom is 0.226 e. The SMILES string of the molecule is CCN(CC)C(=O)[C@H]1CC[C@H]2[C@@H]3CN(C(C)=O)C4=CC(=O)CC[C@]4(C)[C@H]3CC[C@]12C. The zero-order valence-electron chi connectivity index (χ0n) is 19.4. The number of carbonyl (C=O) groups is 3. The van der Waals surface area contributed by atoms with Crippen molar-refractivity contribution in [2.75, 3.05) is 19.6 Å². The Kier molecular flexibility index (Phi) is 5.39. The summed E-state index contributed by atoms with van der Waals surface area (Å²) in [6, 6.07) is 0. The Morgan fingerprint density at radius 3 is 2.43 bits per heavy atom. The Balaban J connectivity index is 1.68. The van der Waals surface area contributed by atoms with Crippen LogP contribution in [0.3, 0.4) is 0 Å². The molecular weight excluding hydrogens is 376 g/mol. The number of piperidine rings is 1. The highest BCUT2D eigenvalue weighted by molar-refractivity contribution is 5.92. The largest absolute Gasteiger partial charge is 0.343 e. The summed E-state index contributed by atoms with van der Waals surface area (Å²) in [6.07, 6.45) is 7.40. The average Bonchev–Trinajstić information content (AvgIpc) is 3.06. The van der Waals surface area contributed by atoms with Gasteiger partial charge < -0.3 is 9.80 Å². The van der Waals surface area contributed by atoms with E-state index < -0.39 is 0 Å². The summed E-state index contributed by atoms with van der Waals surface area (Å²) in [7, 11) is 0. The molecule has 0 aromatic rings. The van der Waals surface area contributed by atoms with Gasteiger partial charge in [0.1, 0.15) is 0 Å². The normalized spacial score (nSPS) is 40.2. The van der Waals surface area contributed by atoms with E-state index in [0.29, 0.717) is 36.6 Å². The summed E-state index contributed by atoms with van der Waals surface area (Å²) in [6.45, 7) is 12.7. The molecule has 0 aromatic carbocycles. The lowest BCUT2D eigenvalue weighted by molar-refractivity contribution is -0.147. The fourth-order valence-corrected chi connectivity index (χ4v) is 7.76. The van der Waals surface area contributed by atoms with E-state index in [0.717, 1.165) is 50.9 Å².